The molecule has 0 aromatic heterocycles. The van der Waals surface area contributed by atoms with Crippen molar-refractivity contribution >= 4 is 17.4 Å². The number of phenolic OH excluding ortho intramolecular Hbond substituents is 1. The summed E-state index contributed by atoms with van der Waals surface area (Å²) in [6, 6.07) is 16.6. The molecule has 1 aliphatic carbocycles. The third kappa shape index (κ3) is 5.85. The number of carbonyl (C=O) groups is 2. The highest BCUT2D eigenvalue weighted by molar-refractivity contribution is 6.11. The molecule has 6 nitrogen and oxygen atoms in total. The molecule has 3 aromatic rings. The van der Waals surface area contributed by atoms with Crippen molar-refractivity contribution in [2.24, 2.45) is 5.92 Å². The lowest BCUT2D eigenvalue weighted by Gasteiger charge is -2.33. The van der Waals surface area contributed by atoms with Crippen LogP contribution in [0, 0.1) is 19.8 Å². The predicted octanol–water partition coefficient (Wildman–Crippen LogP) is 6.95. The normalized spacial score (nSPS) is 14.5. The first-order chi connectivity index (χ1) is 18.3. The number of anilines is 1. The van der Waals surface area contributed by atoms with Crippen LogP contribution in [-0.4, -0.2) is 31.0 Å². The second-order valence-electron chi connectivity index (χ2n) is 10.1. The Bertz CT molecular complexity index is 1280. The Labute approximate surface area is 225 Å². The molecule has 4 rings (SSSR count). The largest absolute Gasteiger partial charge is 0.508 e. The van der Waals surface area contributed by atoms with E-state index < -0.39 is 6.04 Å². The Kier molecular flexibility index (Phi) is 8.72. The zero-order chi connectivity index (χ0) is 27.2. The first-order valence-corrected chi connectivity index (χ1v) is 13.3. The minimum Gasteiger partial charge on any atom is -0.508 e. The second kappa shape index (κ2) is 12.2. The van der Waals surface area contributed by atoms with E-state index in [2.05, 4.69) is 0 Å². The Balaban J connectivity index is 1.88. The first-order valence-electron chi connectivity index (χ1n) is 13.3. The van der Waals surface area contributed by atoms with Gasteiger partial charge in [-0.2, -0.15) is 0 Å². The van der Waals surface area contributed by atoms with Crippen molar-refractivity contribution in [1.82, 2.24) is 0 Å². The van der Waals surface area contributed by atoms with Crippen LogP contribution >= 0.6 is 0 Å². The van der Waals surface area contributed by atoms with E-state index in [4.69, 9.17) is 9.47 Å². The molecular weight excluding hydrogens is 478 g/mol. The Morgan fingerprint density at radius 1 is 0.921 bits per heavy atom. The number of carbonyl (C=O) groups excluding carboxylic acids is 2. The maximum absolute atomic E-state index is 14.4. The standard InChI is InChI=1S/C32H37NO5/c1-21-9-8-12-27(22(21)2)32(36)33(25-15-18-29(37-3)30(20-25)38-4)31(24-13-16-26(34)17-14-24)28(35)19-23-10-6-5-7-11-23/h8-9,12-18,20,23,31,34H,5-7,10-11,19H2,1-4H3. The van der Waals surface area contributed by atoms with Gasteiger partial charge >= 0.3 is 0 Å². The monoisotopic (exact) mass is 515 g/mol. The fraction of sp³-hybridized carbons (Fsp3) is 0.375. The van der Waals surface area contributed by atoms with E-state index in [9.17, 15) is 14.7 Å². The van der Waals surface area contributed by atoms with Crippen LogP contribution in [0.5, 0.6) is 17.2 Å². The average molecular weight is 516 g/mol. The SMILES string of the molecule is COc1ccc(N(C(=O)c2cccc(C)c2C)C(C(=O)CC2CCCCC2)c2ccc(O)cc2)cc1OC. The van der Waals surface area contributed by atoms with Gasteiger partial charge in [-0.1, -0.05) is 56.4 Å². The summed E-state index contributed by atoms with van der Waals surface area (Å²) in [7, 11) is 3.10. The number of nitrogens with zero attached hydrogens (tertiary/aromatic N) is 1. The number of aromatic hydroxyl groups is 1. The number of Topliss-reactive ketones (excluding diaryl/α,β-unsaturated/α-hetero) is 1. The van der Waals surface area contributed by atoms with Crippen molar-refractivity contribution < 1.29 is 24.2 Å². The highest BCUT2D eigenvalue weighted by Gasteiger charge is 2.35. The van der Waals surface area contributed by atoms with Crippen molar-refractivity contribution in [2.45, 2.75) is 58.4 Å². The van der Waals surface area contributed by atoms with Crippen molar-refractivity contribution in [2.75, 3.05) is 19.1 Å². The molecule has 1 fully saturated rings. The van der Waals surface area contributed by atoms with E-state index in [0.717, 1.165) is 36.8 Å². The lowest BCUT2D eigenvalue weighted by Crippen LogP contribution is -2.40. The molecule has 0 saturated heterocycles. The quantitative estimate of drug-likeness (QED) is 0.334. The Hall–Kier alpha value is -3.80. The van der Waals surface area contributed by atoms with E-state index in [1.165, 1.54) is 6.42 Å². The van der Waals surface area contributed by atoms with Gasteiger partial charge in [0.2, 0.25) is 0 Å². The van der Waals surface area contributed by atoms with Gasteiger partial charge in [-0.15, -0.1) is 0 Å². The van der Waals surface area contributed by atoms with Crippen LogP contribution in [0.25, 0.3) is 0 Å². The average Bonchev–Trinajstić information content (AvgIpc) is 2.93. The van der Waals surface area contributed by atoms with Crippen molar-refractivity contribution in [3.05, 3.63) is 82.9 Å². The predicted molar refractivity (Wildman–Crippen MR) is 149 cm³/mol. The van der Waals surface area contributed by atoms with Gasteiger partial charge < -0.3 is 14.6 Å². The number of benzene rings is 3. The van der Waals surface area contributed by atoms with Crippen LogP contribution in [-0.2, 0) is 4.79 Å². The fourth-order valence-corrected chi connectivity index (χ4v) is 5.39. The van der Waals surface area contributed by atoms with Crippen molar-refractivity contribution in [3.63, 3.8) is 0 Å². The van der Waals surface area contributed by atoms with Crippen LogP contribution < -0.4 is 14.4 Å². The number of ether oxygens (including phenoxy) is 2. The van der Waals surface area contributed by atoms with E-state index in [1.54, 1.807) is 67.7 Å². The van der Waals surface area contributed by atoms with Crippen LogP contribution in [0.1, 0.15) is 71.6 Å². The molecule has 3 aromatic carbocycles. The maximum Gasteiger partial charge on any atom is 0.259 e. The number of methoxy groups -OCH3 is 2. The van der Waals surface area contributed by atoms with Gasteiger partial charge in [0.25, 0.3) is 5.91 Å². The molecule has 38 heavy (non-hydrogen) atoms. The minimum absolute atomic E-state index is 0.0176. The number of aryl methyl sites for hydroxylation is 1. The first kappa shape index (κ1) is 27.2. The third-order valence-electron chi connectivity index (χ3n) is 7.69. The molecule has 0 radical (unpaired) electrons. The molecule has 1 aliphatic rings. The number of ketones is 1. The molecular formula is C32H37NO5. The maximum atomic E-state index is 14.4. The van der Waals surface area contributed by atoms with Gasteiger partial charge in [-0.05, 0) is 66.8 Å². The molecule has 1 atom stereocenters. The van der Waals surface area contributed by atoms with Gasteiger partial charge in [0.15, 0.2) is 17.3 Å². The van der Waals surface area contributed by atoms with E-state index in [1.807, 2.05) is 26.0 Å². The van der Waals surface area contributed by atoms with E-state index in [0.29, 0.717) is 40.7 Å². The van der Waals surface area contributed by atoms with Crippen LogP contribution in [0.15, 0.2) is 60.7 Å². The Morgan fingerprint density at radius 2 is 1.61 bits per heavy atom. The minimum atomic E-state index is -0.872. The van der Waals surface area contributed by atoms with Gasteiger partial charge in [0, 0.05) is 23.7 Å². The number of hydrogen-bond acceptors (Lipinski definition) is 5. The topological polar surface area (TPSA) is 76.1 Å². The van der Waals surface area contributed by atoms with Gasteiger partial charge in [-0.3, -0.25) is 14.5 Å². The van der Waals surface area contributed by atoms with E-state index in [-0.39, 0.29) is 17.4 Å². The number of rotatable bonds is 9. The molecule has 200 valence electrons. The van der Waals surface area contributed by atoms with E-state index >= 15 is 0 Å². The molecule has 1 unspecified atom stereocenters. The highest BCUT2D eigenvalue weighted by Crippen LogP contribution is 2.39. The smallest absolute Gasteiger partial charge is 0.259 e. The summed E-state index contributed by atoms with van der Waals surface area (Å²) in [5.74, 6) is 1.12. The molecule has 0 spiro atoms. The Morgan fingerprint density at radius 3 is 2.26 bits per heavy atom. The summed E-state index contributed by atoms with van der Waals surface area (Å²) in [6.45, 7) is 3.90. The number of phenols is 1. The lowest BCUT2D eigenvalue weighted by atomic mass is 9.83. The summed E-state index contributed by atoms with van der Waals surface area (Å²) in [5.41, 5.74) is 3.58. The molecule has 1 amide bonds. The molecule has 1 saturated carbocycles. The van der Waals surface area contributed by atoms with Crippen LogP contribution in [0.2, 0.25) is 0 Å². The highest BCUT2D eigenvalue weighted by atomic mass is 16.5. The second-order valence-corrected chi connectivity index (χ2v) is 10.1. The van der Waals surface area contributed by atoms with Gasteiger partial charge in [0.1, 0.15) is 11.8 Å². The lowest BCUT2D eigenvalue weighted by molar-refractivity contribution is -0.121. The molecule has 0 heterocycles. The summed E-state index contributed by atoms with van der Waals surface area (Å²) in [6.07, 6.45) is 5.90. The number of amides is 1. The number of hydrogen-bond donors (Lipinski definition) is 1. The molecule has 1 N–H and O–H groups in total. The zero-order valence-electron chi connectivity index (χ0n) is 22.7. The van der Waals surface area contributed by atoms with Gasteiger partial charge in [0.05, 0.1) is 14.2 Å². The third-order valence-corrected chi connectivity index (χ3v) is 7.69. The van der Waals surface area contributed by atoms with Crippen LogP contribution in [0.3, 0.4) is 0 Å². The van der Waals surface area contributed by atoms with Gasteiger partial charge in [-0.25, -0.2) is 0 Å². The molecule has 0 aliphatic heterocycles. The summed E-state index contributed by atoms with van der Waals surface area (Å²) < 4.78 is 11.0. The van der Waals surface area contributed by atoms with Crippen LogP contribution in [0.4, 0.5) is 5.69 Å². The molecule has 6 heteroatoms. The summed E-state index contributed by atoms with van der Waals surface area (Å²) in [5, 5.41) is 9.98. The zero-order valence-corrected chi connectivity index (χ0v) is 22.7. The van der Waals surface area contributed by atoms with Crippen molar-refractivity contribution in [1.29, 1.82) is 0 Å². The summed E-state index contributed by atoms with van der Waals surface area (Å²) in [4.78, 5) is 30.2. The molecule has 0 bridgehead atoms. The fourth-order valence-electron chi connectivity index (χ4n) is 5.39. The van der Waals surface area contributed by atoms with Crippen molar-refractivity contribution in [3.8, 4) is 17.2 Å². The summed E-state index contributed by atoms with van der Waals surface area (Å²) >= 11 is 0.